The summed E-state index contributed by atoms with van der Waals surface area (Å²) in [5.74, 6) is 1.29. The van der Waals surface area contributed by atoms with Crippen LogP contribution in [0.4, 0.5) is 5.69 Å². The lowest BCUT2D eigenvalue weighted by Gasteiger charge is -2.37. The lowest BCUT2D eigenvalue weighted by Crippen LogP contribution is -2.37. The van der Waals surface area contributed by atoms with Crippen LogP contribution in [0.1, 0.15) is 48.3 Å². The first kappa shape index (κ1) is 30.5. The number of hydrogen-bond donors (Lipinski definition) is 2. The second kappa shape index (κ2) is 12.8. The van der Waals surface area contributed by atoms with Crippen LogP contribution < -0.4 is 34.3 Å². The average Bonchev–Trinajstić information content (AvgIpc) is 3.03. The van der Waals surface area contributed by atoms with Crippen molar-refractivity contribution in [1.82, 2.24) is 5.32 Å². The van der Waals surface area contributed by atoms with Crippen molar-refractivity contribution in [1.29, 1.82) is 0 Å². The minimum absolute atomic E-state index is 0.0616. The molecule has 9 nitrogen and oxygen atoms in total. The quantitative estimate of drug-likeness (QED) is 0.307. The van der Waals surface area contributed by atoms with Gasteiger partial charge in [0, 0.05) is 40.2 Å². The summed E-state index contributed by atoms with van der Waals surface area (Å²) in [6, 6.07) is 16.9. The smallest absolute Gasteiger partial charge is 0.254 e. The molecule has 44 heavy (non-hydrogen) atoms. The van der Waals surface area contributed by atoms with Crippen LogP contribution in [-0.2, 0) is 9.59 Å². The number of anilines is 1. The second-order valence-electron chi connectivity index (χ2n) is 10.9. The van der Waals surface area contributed by atoms with Gasteiger partial charge in [-0.15, -0.1) is 0 Å². The lowest BCUT2D eigenvalue weighted by molar-refractivity contribution is -0.116. The maximum Gasteiger partial charge on any atom is 0.254 e. The van der Waals surface area contributed by atoms with Gasteiger partial charge >= 0.3 is 0 Å². The highest BCUT2D eigenvalue weighted by atomic mass is 16.5. The molecule has 0 spiro atoms. The average molecular weight is 599 g/mol. The summed E-state index contributed by atoms with van der Waals surface area (Å²) in [5.41, 5.74) is 5.71. The van der Waals surface area contributed by atoms with Gasteiger partial charge in [0.25, 0.3) is 5.91 Å². The summed E-state index contributed by atoms with van der Waals surface area (Å²) in [5, 5.41) is 6.47. The molecule has 0 saturated heterocycles. The van der Waals surface area contributed by atoms with Gasteiger partial charge in [-0.2, -0.15) is 0 Å². The van der Waals surface area contributed by atoms with Crippen molar-refractivity contribution in [2.24, 2.45) is 0 Å². The molecule has 3 aromatic carbocycles. The third kappa shape index (κ3) is 5.57. The first-order valence-electron chi connectivity index (χ1n) is 14.4. The molecule has 3 aromatic rings. The zero-order chi connectivity index (χ0) is 31.5. The molecule has 1 aliphatic heterocycles. The summed E-state index contributed by atoms with van der Waals surface area (Å²) < 4.78 is 28.0. The first-order valence-corrected chi connectivity index (χ1v) is 14.4. The largest absolute Gasteiger partial charge is 0.493 e. The van der Waals surface area contributed by atoms with Crippen LogP contribution in [0, 0.1) is 6.92 Å². The highest BCUT2D eigenvalue weighted by Crippen LogP contribution is 2.51. The molecule has 2 unspecified atom stereocenters. The highest BCUT2D eigenvalue weighted by Gasteiger charge is 2.43. The molecule has 5 rings (SSSR count). The van der Waals surface area contributed by atoms with E-state index in [4.69, 9.17) is 23.7 Å². The number of nitrogens with one attached hydrogen (secondary N) is 2. The Labute approximate surface area is 257 Å². The molecule has 2 N–H and O–H groups in total. The van der Waals surface area contributed by atoms with Gasteiger partial charge < -0.3 is 34.3 Å². The standard InChI is InChI=1S/C35H38N2O7/c1-19-8-11-23(12-9-19)37-35(39)30-20(2)36-25-16-22(21-10-14-27(40-3)29(18-21)42-5)17-26(38)32(25)31(30)24-13-15-28(41-4)34(44-7)33(24)43-6/h8-15,18,22,31,36H,16-17H2,1-7H3,(H,37,39). The molecule has 230 valence electrons. The van der Waals surface area contributed by atoms with E-state index >= 15 is 0 Å². The topological polar surface area (TPSA) is 104 Å². The molecule has 1 amide bonds. The fraction of sp³-hybridized carbons (Fsp3) is 0.314. The van der Waals surface area contributed by atoms with E-state index in [9.17, 15) is 9.59 Å². The lowest BCUT2D eigenvalue weighted by atomic mass is 9.71. The van der Waals surface area contributed by atoms with Crippen molar-refractivity contribution in [3.63, 3.8) is 0 Å². The molecule has 0 aromatic heterocycles. The van der Waals surface area contributed by atoms with Crippen LogP contribution in [0.3, 0.4) is 0 Å². The number of dihydropyridines is 1. The van der Waals surface area contributed by atoms with Crippen LogP contribution in [0.15, 0.2) is 77.1 Å². The van der Waals surface area contributed by atoms with Gasteiger partial charge in [0.1, 0.15) is 0 Å². The summed E-state index contributed by atoms with van der Waals surface area (Å²) in [4.78, 5) is 28.3. The van der Waals surface area contributed by atoms with E-state index < -0.39 is 5.92 Å². The van der Waals surface area contributed by atoms with Gasteiger partial charge in [-0.3, -0.25) is 9.59 Å². The molecule has 0 fully saturated rings. The second-order valence-corrected chi connectivity index (χ2v) is 10.9. The summed E-state index contributed by atoms with van der Waals surface area (Å²) in [6.07, 6.45) is 0.820. The Morgan fingerprint density at radius 3 is 2.07 bits per heavy atom. The SMILES string of the molecule is COc1ccc(C2CC(=O)C3=C(C2)NC(C)=C(C(=O)Nc2ccc(C)cc2)C3c2ccc(OC)c(OC)c2OC)cc1OC. The highest BCUT2D eigenvalue weighted by molar-refractivity contribution is 6.10. The molecular formula is C35H38N2O7. The predicted molar refractivity (Wildman–Crippen MR) is 168 cm³/mol. The van der Waals surface area contributed by atoms with Crippen LogP contribution >= 0.6 is 0 Å². The molecule has 0 saturated carbocycles. The third-order valence-electron chi connectivity index (χ3n) is 8.31. The van der Waals surface area contributed by atoms with E-state index in [0.29, 0.717) is 63.3 Å². The van der Waals surface area contributed by atoms with Crippen molar-refractivity contribution in [3.8, 4) is 28.7 Å². The molecule has 9 heteroatoms. The molecule has 1 heterocycles. The van der Waals surface area contributed by atoms with Gasteiger partial charge in [-0.25, -0.2) is 0 Å². The number of Topliss-reactive ketones (excluding diaryl/α,β-unsaturated/α-hetero) is 1. The minimum Gasteiger partial charge on any atom is -0.493 e. The zero-order valence-electron chi connectivity index (χ0n) is 26.1. The number of allylic oxidation sites excluding steroid dienone is 3. The van der Waals surface area contributed by atoms with Crippen molar-refractivity contribution in [2.75, 3.05) is 40.9 Å². The van der Waals surface area contributed by atoms with Gasteiger partial charge in [-0.05, 0) is 62.1 Å². The number of carbonyl (C=O) groups excluding carboxylic acids is 2. The molecule has 0 radical (unpaired) electrons. The molecule has 2 atom stereocenters. The normalized spacial score (nSPS) is 17.8. The third-order valence-corrected chi connectivity index (χ3v) is 8.31. The Morgan fingerprint density at radius 1 is 0.773 bits per heavy atom. The Bertz CT molecular complexity index is 1660. The van der Waals surface area contributed by atoms with E-state index in [1.165, 1.54) is 14.2 Å². The van der Waals surface area contributed by atoms with Crippen molar-refractivity contribution < 1.29 is 33.3 Å². The number of methoxy groups -OCH3 is 5. The zero-order valence-corrected chi connectivity index (χ0v) is 26.1. The van der Waals surface area contributed by atoms with Crippen molar-refractivity contribution in [3.05, 3.63) is 93.8 Å². The maximum atomic E-state index is 14.2. The Balaban J connectivity index is 1.63. The van der Waals surface area contributed by atoms with Crippen LogP contribution in [-0.4, -0.2) is 47.2 Å². The summed E-state index contributed by atoms with van der Waals surface area (Å²) >= 11 is 0. The summed E-state index contributed by atoms with van der Waals surface area (Å²) in [7, 11) is 7.80. The number of rotatable bonds is 9. The van der Waals surface area contributed by atoms with Gasteiger partial charge in [0.2, 0.25) is 5.75 Å². The van der Waals surface area contributed by atoms with Crippen LogP contribution in [0.2, 0.25) is 0 Å². The number of ketones is 1. The predicted octanol–water partition coefficient (Wildman–Crippen LogP) is 6.04. The van der Waals surface area contributed by atoms with E-state index in [-0.39, 0.29) is 24.0 Å². The van der Waals surface area contributed by atoms with E-state index in [1.807, 2.05) is 62.4 Å². The number of carbonyl (C=O) groups is 2. The minimum atomic E-state index is -0.717. The van der Waals surface area contributed by atoms with Crippen molar-refractivity contribution >= 4 is 17.4 Å². The monoisotopic (exact) mass is 598 g/mol. The number of aryl methyl sites for hydroxylation is 1. The maximum absolute atomic E-state index is 14.2. The van der Waals surface area contributed by atoms with Crippen LogP contribution in [0.5, 0.6) is 28.7 Å². The molecule has 1 aliphatic carbocycles. The number of benzene rings is 3. The van der Waals surface area contributed by atoms with Gasteiger partial charge in [0.15, 0.2) is 28.8 Å². The summed E-state index contributed by atoms with van der Waals surface area (Å²) in [6.45, 7) is 3.85. The van der Waals surface area contributed by atoms with E-state index in [1.54, 1.807) is 27.4 Å². The van der Waals surface area contributed by atoms with Crippen molar-refractivity contribution in [2.45, 2.75) is 38.5 Å². The molecule has 0 bridgehead atoms. The molecule has 2 aliphatic rings. The van der Waals surface area contributed by atoms with Gasteiger partial charge in [0.05, 0.1) is 41.5 Å². The first-order chi connectivity index (χ1) is 21.2. The van der Waals surface area contributed by atoms with E-state index in [2.05, 4.69) is 10.6 Å². The molecular weight excluding hydrogens is 560 g/mol. The Morgan fingerprint density at radius 2 is 1.43 bits per heavy atom. The Hall–Kier alpha value is -4.92. The van der Waals surface area contributed by atoms with Crippen LogP contribution in [0.25, 0.3) is 0 Å². The fourth-order valence-electron chi connectivity index (χ4n) is 6.18. The van der Waals surface area contributed by atoms with E-state index in [0.717, 1.165) is 16.8 Å². The Kier molecular flexibility index (Phi) is 8.85. The number of hydrogen-bond acceptors (Lipinski definition) is 8. The van der Waals surface area contributed by atoms with Gasteiger partial charge in [-0.1, -0.05) is 29.8 Å². The number of ether oxygens (including phenoxy) is 5. The fourth-order valence-corrected chi connectivity index (χ4v) is 6.18. The number of amides is 1.